The highest BCUT2D eigenvalue weighted by atomic mass is 32.2. The Bertz CT molecular complexity index is 360. The van der Waals surface area contributed by atoms with Gasteiger partial charge in [0.1, 0.15) is 0 Å². The van der Waals surface area contributed by atoms with Gasteiger partial charge < -0.3 is 4.43 Å². The maximum absolute atomic E-state index is 11.8. The molecule has 2 nitrogen and oxygen atoms in total. The van der Waals surface area contributed by atoms with Crippen LogP contribution < -0.4 is 0 Å². The SMILES string of the molecule is CCCCCCCCC1(C)SC(=O)C=C1O[Si](C)(C)C. The van der Waals surface area contributed by atoms with E-state index >= 15 is 0 Å². The van der Waals surface area contributed by atoms with Gasteiger partial charge >= 0.3 is 0 Å². The first-order chi connectivity index (χ1) is 9.27. The monoisotopic (exact) mass is 314 g/mol. The second-order valence-electron chi connectivity index (χ2n) is 6.89. The second kappa shape index (κ2) is 7.69. The fourth-order valence-corrected chi connectivity index (χ4v) is 4.52. The molecule has 1 heterocycles. The van der Waals surface area contributed by atoms with Crippen molar-refractivity contribution in [1.82, 2.24) is 0 Å². The van der Waals surface area contributed by atoms with Gasteiger partial charge in [0.15, 0.2) is 0 Å². The van der Waals surface area contributed by atoms with Gasteiger partial charge in [-0.25, -0.2) is 0 Å². The molecule has 0 saturated carbocycles. The van der Waals surface area contributed by atoms with Crippen LogP contribution in [0.15, 0.2) is 11.8 Å². The molecule has 1 aliphatic rings. The Hall–Kier alpha value is -0.223. The normalized spacial score (nSPS) is 23.1. The van der Waals surface area contributed by atoms with Gasteiger partial charge in [-0.2, -0.15) is 0 Å². The highest BCUT2D eigenvalue weighted by molar-refractivity contribution is 8.15. The molecule has 0 N–H and O–H groups in total. The van der Waals surface area contributed by atoms with Crippen molar-refractivity contribution in [3.63, 3.8) is 0 Å². The summed E-state index contributed by atoms with van der Waals surface area (Å²) in [5.74, 6) is 0.931. The lowest BCUT2D eigenvalue weighted by molar-refractivity contribution is -0.106. The Morgan fingerprint density at radius 2 is 1.75 bits per heavy atom. The minimum Gasteiger partial charge on any atom is -0.546 e. The van der Waals surface area contributed by atoms with E-state index in [9.17, 15) is 4.79 Å². The average Bonchev–Trinajstić information content (AvgIpc) is 2.57. The maximum Gasteiger partial charge on any atom is 0.241 e. The second-order valence-corrected chi connectivity index (χ2v) is 12.8. The van der Waals surface area contributed by atoms with Crippen molar-refractivity contribution < 1.29 is 9.22 Å². The third-order valence-corrected chi connectivity index (χ3v) is 5.53. The number of unbranched alkanes of at least 4 members (excludes halogenated alkanes) is 5. The smallest absolute Gasteiger partial charge is 0.241 e. The summed E-state index contributed by atoms with van der Waals surface area (Å²) in [6.07, 6.45) is 10.5. The highest BCUT2D eigenvalue weighted by Crippen LogP contribution is 2.44. The molecule has 0 fully saturated rings. The molecule has 0 aromatic rings. The molecule has 0 amide bonds. The zero-order valence-electron chi connectivity index (χ0n) is 13.8. The van der Waals surface area contributed by atoms with E-state index in [2.05, 4.69) is 33.5 Å². The maximum atomic E-state index is 11.8. The van der Waals surface area contributed by atoms with Gasteiger partial charge in [-0.05, 0) is 33.0 Å². The predicted octanol–water partition coefficient (Wildman–Crippen LogP) is 5.50. The topological polar surface area (TPSA) is 26.3 Å². The van der Waals surface area contributed by atoms with Crippen molar-refractivity contribution in [1.29, 1.82) is 0 Å². The molecule has 0 aromatic heterocycles. The van der Waals surface area contributed by atoms with Crippen molar-refractivity contribution in [2.75, 3.05) is 0 Å². The lowest BCUT2D eigenvalue weighted by Gasteiger charge is -2.31. The summed E-state index contributed by atoms with van der Waals surface area (Å²) in [4.78, 5) is 11.8. The molecule has 1 rings (SSSR count). The van der Waals surface area contributed by atoms with Crippen LogP contribution in [0.4, 0.5) is 0 Å². The summed E-state index contributed by atoms with van der Waals surface area (Å²) in [7, 11) is -1.64. The van der Waals surface area contributed by atoms with E-state index in [0.29, 0.717) is 0 Å². The first-order valence-corrected chi connectivity index (χ1v) is 12.1. The Kier molecular flexibility index (Phi) is 6.86. The quantitative estimate of drug-likeness (QED) is 0.415. The van der Waals surface area contributed by atoms with Crippen LogP contribution in [0.5, 0.6) is 0 Å². The lowest BCUT2D eigenvalue weighted by atomic mass is 9.99. The van der Waals surface area contributed by atoms with Crippen LogP contribution in [-0.2, 0) is 9.22 Å². The summed E-state index contributed by atoms with van der Waals surface area (Å²) >= 11 is 1.45. The van der Waals surface area contributed by atoms with Crippen LogP contribution in [0.1, 0.15) is 58.8 Å². The van der Waals surface area contributed by atoms with Crippen LogP contribution >= 0.6 is 11.8 Å². The summed E-state index contributed by atoms with van der Waals surface area (Å²) in [6, 6.07) is 0. The van der Waals surface area contributed by atoms with Crippen LogP contribution in [0.3, 0.4) is 0 Å². The Balaban J connectivity index is 2.45. The molecule has 0 saturated heterocycles. The highest BCUT2D eigenvalue weighted by Gasteiger charge is 2.40. The van der Waals surface area contributed by atoms with E-state index in [1.165, 1.54) is 50.3 Å². The van der Waals surface area contributed by atoms with Crippen LogP contribution in [0.2, 0.25) is 19.6 Å². The lowest BCUT2D eigenvalue weighted by Crippen LogP contribution is -2.32. The van der Waals surface area contributed by atoms with Gasteiger partial charge in [-0.15, -0.1) is 0 Å². The number of thioether (sulfide) groups is 1. The van der Waals surface area contributed by atoms with Crippen molar-refractivity contribution >= 4 is 25.2 Å². The van der Waals surface area contributed by atoms with Crippen molar-refractivity contribution in [3.8, 4) is 0 Å². The first-order valence-electron chi connectivity index (χ1n) is 7.91. The number of rotatable bonds is 9. The van der Waals surface area contributed by atoms with Crippen LogP contribution in [-0.4, -0.2) is 18.2 Å². The Morgan fingerprint density at radius 3 is 2.35 bits per heavy atom. The summed E-state index contributed by atoms with van der Waals surface area (Å²) in [6.45, 7) is 10.9. The molecule has 1 atom stereocenters. The summed E-state index contributed by atoms with van der Waals surface area (Å²) < 4.78 is 6.02. The van der Waals surface area contributed by atoms with E-state index in [0.717, 1.165) is 12.2 Å². The number of carbonyl (C=O) groups excluding carboxylic acids is 1. The molecular formula is C16H30O2SSi. The average molecular weight is 315 g/mol. The van der Waals surface area contributed by atoms with Crippen LogP contribution in [0.25, 0.3) is 0 Å². The summed E-state index contributed by atoms with van der Waals surface area (Å²) in [5, 5.41) is 0.159. The molecule has 1 unspecified atom stereocenters. The standard InChI is InChI=1S/C16H30O2SSi/c1-6-7-8-9-10-11-12-16(2)14(13-15(17)19-16)18-20(3,4)5/h13H,6-12H2,1-5H3. The summed E-state index contributed by atoms with van der Waals surface area (Å²) in [5.41, 5.74) is 0. The number of carbonyl (C=O) groups is 1. The predicted molar refractivity (Wildman–Crippen MR) is 91.5 cm³/mol. The fraction of sp³-hybridized carbons (Fsp3) is 0.812. The number of hydrogen-bond donors (Lipinski definition) is 0. The van der Waals surface area contributed by atoms with Gasteiger partial charge in [0.2, 0.25) is 13.4 Å². The first kappa shape index (κ1) is 17.8. The van der Waals surface area contributed by atoms with Gasteiger partial charge in [0.05, 0.1) is 10.5 Å². The van der Waals surface area contributed by atoms with E-state index in [1.54, 1.807) is 6.08 Å². The van der Waals surface area contributed by atoms with Crippen molar-refractivity contribution in [2.45, 2.75) is 83.2 Å². The van der Waals surface area contributed by atoms with Crippen molar-refractivity contribution in [2.24, 2.45) is 0 Å². The Morgan fingerprint density at radius 1 is 1.15 bits per heavy atom. The Labute approximate surface area is 129 Å². The molecule has 4 heteroatoms. The zero-order chi connectivity index (χ0) is 15.2. The minimum atomic E-state index is -1.64. The number of hydrogen-bond acceptors (Lipinski definition) is 3. The van der Waals surface area contributed by atoms with E-state index in [4.69, 9.17) is 4.43 Å². The van der Waals surface area contributed by atoms with Gasteiger partial charge in [-0.3, -0.25) is 4.79 Å². The third-order valence-electron chi connectivity index (χ3n) is 3.52. The van der Waals surface area contributed by atoms with Crippen molar-refractivity contribution in [3.05, 3.63) is 11.8 Å². The molecule has 116 valence electrons. The molecule has 1 aliphatic heterocycles. The van der Waals surface area contributed by atoms with E-state index in [-0.39, 0.29) is 9.86 Å². The molecule has 0 bridgehead atoms. The van der Waals surface area contributed by atoms with E-state index in [1.807, 2.05) is 0 Å². The largest absolute Gasteiger partial charge is 0.546 e. The minimum absolute atomic E-state index is 0.123. The zero-order valence-corrected chi connectivity index (χ0v) is 15.6. The van der Waals surface area contributed by atoms with E-state index < -0.39 is 8.32 Å². The van der Waals surface area contributed by atoms with Gasteiger partial charge in [0, 0.05) is 6.08 Å². The molecule has 0 spiro atoms. The fourth-order valence-electron chi connectivity index (χ4n) is 2.45. The molecule has 0 aromatic carbocycles. The molecule has 20 heavy (non-hydrogen) atoms. The third kappa shape index (κ3) is 6.04. The molecule has 0 aliphatic carbocycles. The van der Waals surface area contributed by atoms with Crippen LogP contribution in [0, 0.1) is 0 Å². The van der Waals surface area contributed by atoms with Gasteiger partial charge in [-0.1, -0.05) is 57.2 Å². The van der Waals surface area contributed by atoms with Gasteiger partial charge in [0.25, 0.3) is 0 Å². The molecular weight excluding hydrogens is 284 g/mol. The molecule has 0 radical (unpaired) electrons.